The van der Waals surface area contributed by atoms with E-state index < -0.39 is 95.2 Å². The van der Waals surface area contributed by atoms with Crippen LogP contribution < -0.4 is 32.4 Å². The highest BCUT2D eigenvalue weighted by Gasteiger charge is 2.51. The van der Waals surface area contributed by atoms with E-state index in [1.807, 2.05) is 0 Å². The molecule has 25 nitrogen and oxygen atoms in total. The van der Waals surface area contributed by atoms with E-state index in [1.165, 1.54) is 15.5 Å². The minimum absolute atomic E-state index is 0.0312. The molecular formula is C24H32N10O15P2-2. The third-order valence-electron chi connectivity index (χ3n) is 7.80. The van der Waals surface area contributed by atoms with Crippen molar-refractivity contribution in [2.45, 2.75) is 69.0 Å². The Bertz CT molecular complexity index is 2120. The lowest BCUT2D eigenvalue weighted by molar-refractivity contribution is -0.238. The van der Waals surface area contributed by atoms with Gasteiger partial charge in [0.05, 0.1) is 32.0 Å². The van der Waals surface area contributed by atoms with E-state index >= 15 is 0 Å². The monoisotopic (exact) mass is 762 g/mol. The summed E-state index contributed by atoms with van der Waals surface area (Å²) in [6, 6.07) is 0. The maximum atomic E-state index is 13.4. The van der Waals surface area contributed by atoms with Crippen LogP contribution in [0.5, 0.6) is 0 Å². The van der Waals surface area contributed by atoms with Crippen molar-refractivity contribution in [3.8, 4) is 0 Å². The van der Waals surface area contributed by atoms with E-state index in [0.29, 0.717) is 0 Å². The highest BCUT2D eigenvalue weighted by molar-refractivity contribution is 7.46. The lowest BCUT2D eigenvalue weighted by Gasteiger charge is -2.32. The Morgan fingerprint density at radius 3 is 1.94 bits per heavy atom. The van der Waals surface area contributed by atoms with E-state index in [4.69, 9.17) is 39.5 Å². The molecule has 0 amide bonds. The second kappa shape index (κ2) is 14.0. The fraction of sp³-hybridized carbons (Fsp3) is 0.583. The summed E-state index contributed by atoms with van der Waals surface area (Å²) >= 11 is 0. The smallest absolute Gasteiger partial charge is 0.280 e. The number of phosphoric acid groups is 2. The van der Waals surface area contributed by atoms with Crippen LogP contribution >= 0.6 is 15.6 Å². The maximum Gasteiger partial charge on any atom is 0.280 e. The molecule has 8 N–H and O–H groups in total. The van der Waals surface area contributed by atoms with E-state index in [9.17, 15) is 38.5 Å². The van der Waals surface area contributed by atoms with Crippen molar-refractivity contribution in [2.75, 3.05) is 31.8 Å². The molecule has 10 atom stereocenters. The second-order valence-electron chi connectivity index (χ2n) is 11.6. The summed E-state index contributed by atoms with van der Waals surface area (Å²) < 4.78 is 65.3. The molecule has 0 aromatic carbocycles. The molecule has 51 heavy (non-hydrogen) atoms. The molecule has 0 spiro atoms. The molecule has 6 heterocycles. The van der Waals surface area contributed by atoms with Gasteiger partial charge in [-0.15, -0.1) is 0 Å². The summed E-state index contributed by atoms with van der Waals surface area (Å²) in [7, 11) is -9.61. The topological polar surface area (TPSA) is 365 Å². The molecule has 4 aromatic heterocycles. The number of nitrogens with zero attached hydrogens (tertiary/aromatic N) is 6. The molecule has 0 bridgehead atoms. The first kappa shape index (κ1) is 37.1. The summed E-state index contributed by atoms with van der Waals surface area (Å²) in [5, 5.41) is 11.2. The first-order chi connectivity index (χ1) is 24.0. The number of rotatable bonds is 13. The number of nitrogens with one attached hydrogen (secondary N) is 2. The molecule has 2 saturated heterocycles. The molecule has 0 saturated carbocycles. The summed E-state index contributed by atoms with van der Waals surface area (Å²) in [5.74, 6) is -0.514. The number of hydrogen-bond donors (Lipinski definition) is 6. The Balaban J connectivity index is 1.24. The summed E-state index contributed by atoms with van der Waals surface area (Å²) in [6.45, 7) is 1.59. The highest BCUT2D eigenvalue weighted by Crippen LogP contribution is 2.48. The van der Waals surface area contributed by atoms with E-state index in [1.54, 1.807) is 13.8 Å². The molecule has 4 unspecified atom stereocenters. The number of nitrogens with two attached hydrogens (primary N) is 2. The van der Waals surface area contributed by atoms with Gasteiger partial charge in [0.1, 0.15) is 36.6 Å². The number of nitrogen functional groups attached to an aromatic ring is 2. The predicted molar refractivity (Wildman–Crippen MR) is 164 cm³/mol. The van der Waals surface area contributed by atoms with Crippen LogP contribution in [0.3, 0.4) is 0 Å². The number of aromatic nitrogens is 8. The molecular weight excluding hydrogens is 730 g/mol. The van der Waals surface area contributed by atoms with Crippen molar-refractivity contribution in [3.05, 3.63) is 33.4 Å². The third-order valence-corrected chi connectivity index (χ3v) is 9.24. The Morgan fingerprint density at radius 2 is 1.41 bits per heavy atom. The van der Waals surface area contributed by atoms with Gasteiger partial charge in [-0.25, -0.2) is 9.97 Å². The molecule has 4 aromatic rings. The first-order valence-corrected chi connectivity index (χ1v) is 17.9. The van der Waals surface area contributed by atoms with Gasteiger partial charge in [-0.3, -0.25) is 37.8 Å². The van der Waals surface area contributed by atoms with E-state index in [2.05, 4.69) is 34.4 Å². The number of imidazole rings is 2. The summed E-state index contributed by atoms with van der Waals surface area (Å²) in [5.41, 5.74) is 9.62. The van der Waals surface area contributed by atoms with Crippen molar-refractivity contribution < 1.29 is 61.4 Å². The van der Waals surface area contributed by atoms with Crippen LogP contribution in [0.25, 0.3) is 22.3 Å². The lowest BCUT2D eigenvalue weighted by Crippen LogP contribution is -2.40. The fourth-order valence-electron chi connectivity index (χ4n) is 5.78. The number of aliphatic hydroxyl groups is 1. The molecule has 6 rings (SSSR count). The molecule has 2 fully saturated rings. The number of fused-ring (bicyclic) bond motifs is 2. The Labute approximate surface area is 284 Å². The van der Waals surface area contributed by atoms with Gasteiger partial charge in [-0.05, 0) is 13.8 Å². The molecule has 2 aliphatic heterocycles. The molecule has 0 radical (unpaired) electrons. The third kappa shape index (κ3) is 7.61. The molecule has 2 aliphatic rings. The minimum atomic E-state index is -5.43. The zero-order valence-electron chi connectivity index (χ0n) is 26.7. The van der Waals surface area contributed by atoms with E-state index in [-0.39, 0.29) is 34.2 Å². The van der Waals surface area contributed by atoms with Gasteiger partial charge >= 0.3 is 0 Å². The SMILES string of the molecule is COC1[C@@H](OP(=O)([O-])OC[C@H]2O[C@@H](n3cnc4c(=O)[nH]c(N)nc43)C(O)[C@H]2OC(C)C)[C@@H](COP(=O)([O-])O)O[C@H]1n1cnc2c(=O)[nH]c(N)nc21. The first-order valence-electron chi connectivity index (χ1n) is 14.9. The summed E-state index contributed by atoms with van der Waals surface area (Å²) in [4.78, 5) is 79.3. The number of aromatic amines is 2. The van der Waals surface area contributed by atoms with Gasteiger partial charge in [0.25, 0.3) is 26.8 Å². The van der Waals surface area contributed by atoms with Gasteiger partial charge in [0.2, 0.25) is 11.9 Å². The quantitative estimate of drug-likeness (QED) is 0.0727. The number of anilines is 2. The number of methoxy groups -OCH3 is 1. The largest absolute Gasteiger partial charge is 0.756 e. The number of ether oxygens (including phenoxy) is 4. The van der Waals surface area contributed by atoms with E-state index in [0.717, 1.165) is 13.4 Å². The van der Waals surface area contributed by atoms with Crippen LogP contribution in [0.4, 0.5) is 11.9 Å². The fourth-order valence-corrected chi connectivity index (χ4v) is 7.06. The van der Waals surface area contributed by atoms with Crippen LogP contribution in [0.2, 0.25) is 0 Å². The van der Waals surface area contributed by atoms with Crippen molar-refractivity contribution in [1.82, 2.24) is 39.0 Å². The van der Waals surface area contributed by atoms with Crippen molar-refractivity contribution in [3.63, 3.8) is 0 Å². The molecule has 27 heteroatoms. The maximum absolute atomic E-state index is 13.4. The van der Waals surface area contributed by atoms with Gasteiger partial charge in [-0.2, -0.15) is 9.97 Å². The standard InChI is InChI=1S/C24H34N10O15P2/c1-8(2)46-14-9(47-21(13(14)35)33-6-27-11-17(33)29-23(25)31-19(11)36)5-45-51(41,42)49-15-10(4-44-50(38,39)40)48-22(16(15)43-3)34-7-28-12-18(34)30-24(26)32-20(12)37/h6-10,13-16,21-22,35H,4-5H2,1-3H3,(H,41,42)(H2,38,39,40)(H3,25,29,31,36)(H3,26,30,32,37)/p-2/t9-,10-,13?,14+,15+,16?,21-,22-/m1/s1. The number of hydrogen-bond acceptors (Lipinski definition) is 20. The number of phosphoric ester groups is 2. The van der Waals surface area contributed by atoms with Crippen LogP contribution in [-0.2, 0) is 41.6 Å². The number of H-pyrrole nitrogens is 2. The predicted octanol–water partition coefficient (Wildman–Crippen LogP) is -3.27. The molecule has 280 valence electrons. The van der Waals surface area contributed by atoms with Crippen molar-refractivity contribution >= 4 is 49.9 Å². The minimum Gasteiger partial charge on any atom is -0.756 e. The van der Waals surface area contributed by atoms with Gasteiger partial charge in [0, 0.05) is 7.11 Å². The van der Waals surface area contributed by atoms with Gasteiger partial charge in [-0.1, -0.05) is 0 Å². The zero-order chi connectivity index (χ0) is 37.0. The van der Waals surface area contributed by atoms with Crippen LogP contribution in [0, 0.1) is 0 Å². The summed E-state index contributed by atoms with van der Waals surface area (Å²) in [6.07, 6.45) is -9.43. The normalized spacial score (nSPS) is 29.3. The van der Waals surface area contributed by atoms with Crippen LogP contribution in [0.1, 0.15) is 26.3 Å². The Morgan fingerprint density at radius 1 is 0.902 bits per heavy atom. The van der Waals surface area contributed by atoms with Crippen LogP contribution in [-0.4, -0.2) is 112 Å². The lowest BCUT2D eigenvalue weighted by atomic mass is 10.1. The molecule has 0 aliphatic carbocycles. The number of aliphatic hydroxyl groups excluding tert-OH is 1. The highest BCUT2D eigenvalue weighted by atomic mass is 31.2. The average molecular weight is 763 g/mol. The Kier molecular flexibility index (Phi) is 10.2. The van der Waals surface area contributed by atoms with Crippen molar-refractivity contribution in [2.24, 2.45) is 0 Å². The van der Waals surface area contributed by atoms with Crippen molar-refractivity contribution in [1.29, 1.82) is 0 Å². The van der Waals surface area contributed by atoms with Crippen LogP contribution in [0.15, 0.2) is 22.2 Å². The van der Waals surface area contributed by atoms with Gasteiger partial charge < -0.3 is 63.8 Å². The zero-order valence-corrected chi connectivity index (χ0v) is 28.5. The average Bonchev–Trinajstić information content (AvgIpc) is 3.79. The van der Waals surface area contributed by atoms with Gasteiger partial charge in [0.15, 0.2) is 34.8 Å². The Hall–Kier alpha value is -3.68. The second-order valence-corrected chi connectivity index (χ2v) is 14.2.